The normalized spacial score (nSPS) is 19.0. The zero-order chi connectivity index (χ0) is 21.8. The third-order valence-electron chi connectivity index (χ3n) is 5.24. The molecule has 0 aliphatic carbocycles. The fraction of sp³-hybridized carbons (Fsp3) is 0.318. The number of nitrogens with one attached hydrogen (secondary N) is 1. The van der Waals surface area contributed by atoms with E-state index in [0.29, 0.717) is 24.2 Å². The number of ether oxygens (including phenoxy) is 1. The molecule has 0 aromatic heterocycles. The lowest BCUT2D eigenvalue weighted by Crippen LogP contribution is -2.35. The van der Waals surface area contributed by atoms with Crippen molar-refractivity contribution in [2.75, 3.05) is 19.6 Å². The highest BCUT2D eigenvalue weighted by Crippen LogP contribution is 2.24. The summed E-state index contributed by atoms with van der Waals surface area (Å²) in [6.45, 7) is 1.35. The minimum atomic E-state index is -3.63. The second kappa shape index (κ2) is 8.89. The first-order chi connectivity index (χ1) is 15.0. The van der Waals surface area contributed by atoms with Crippen LogP contribution in [-0.4, -0.2) is 50.7 Å². The Morgan fingerprint density at radius 1 is 1.03 bits per heavy atom. The zero-order valence-electron chi connectivity index (χ0n) is 16.9. The molecule has 0 saturated carbocycles. The molecule has 1 saturated heterocycles. The van der Waals surface area contributed by atoms with Crippen molar-refractivity contribution in [2.45, 2.75) is 30.3 Å². The summed E-state index contributed by atoms with van der Waals surface area (Å²) in [5.41, 5.74) is 1.10. The number of carbonyl (C=O) groups is 2. The molecular formula is C22H23N3O5S. The molecule has 1 unspecified atom stereocenters. The first-order valence-corrected chi connectivity index (χ1v) is 11.6. The number of fused-ring (bicyclic) bond motifs is 1. The first-order valence-electron chi connectivity index (χ1n) is 10.2. The molecule has 9 heteroatoms. The smallest absolute Gasteiger partial charge is 0.308 e. The van der Waals surface area contributed by atoms with E-state index >= 15 is 0 Å². The molecule has 0 spiro atoms. The summed E-state index contributed by atoms with van der Waals surface area (Å²) in [5, 5.41) is 0. The largest absolute Gasteiger partial charge is 0.447 e. The van der Waals surface area contributed by atoms with E-state index in [1.54, 1.807) is 47.4 Å². The van der Waals surface area contributed by atoms with E-state index in [4.69, 9.17) is 4.74 Å². The number of amidine groups is 1. The Morgan fingerprint density at radius 2 is 1.71 bits per heavy atom. The predicted molar refractivity (Wildman–Crippen MR) is 114 cm³/mol. The molecule has 1 amide bonds. The van der Waals surface area contributed by atoms with Crippen LogP contribution in [0.15, 0.2) is 64.5 Å². The van der Waals surface area contributed by atoms with Crippen molar-refractivity contribution in [1.82, 2.24) is 9.62 Å². The summed E-state index contributed by atoms with van der Waals surface area (Å²) in [6, 6.07) is 15.5. The molecular weight excluding hydrogens is 418 g/mol. The van der Waals surface area contributed by atoms with Gasteiger partial charge in [0, 0.05) is 24.2 Å². The van der Waals surface area contributed by atoms with Gasteiger partial charge in [0.25, 0.3) is 15.9 Å². The van der Waals surface area contributed by atoms with Crippen molar-refractivity contribution in [1.29, 1.82) is 0 Å². The van der Waals surface area contributed by atoms with E-state index in [9.17, 15) is 18.0 Å². The molecule has 1 atom stereocenters. The molecule has 2 aromatic rings. The molecule has 162 valence electrons. The monoisotopic (exact) mass is 441 g/mol. The van der Waals surface area contributed by atoms with Crippen LogP contribution in [0, 0.1) is 0 Å². The van der Waals surface area contributed by atoms with Crippen LogP contribution in [0.3, 0.4) is 0 Å². The van der Waals surface area contributed by atoms with Crippen LogP contribution in [-0.2, 0) is 24.3 Å². The predicted octanol–water partition coefficient (Wildman–Crippen LogP) is 2.02. The van der Waals surface area contributed by atoms with Crippen molar-refractivity contribution in [3.8, 4) is 0 Å². The number of likely N-dealkylation sites (tertiary alicyclic amines) is 1. The van der Waals surface area contributed by atoms with Gasteiger partial charge in [-0.3, -0.25) is 19.3 Å². The van der Waals surface area contributed by atoms with Gasteiger partial charge in [-0.2, -0.15) is 0 Å². The number of sulfonamides is 1. The lowest BCUT2D eigenvalue weighted by Gasteiger charge is -2.23. The summed E-state index contributed by atoms with van der Waals surface area (Å²) in [4.78, 5) is 31.5. The van der Waals surface area contributed by atoms with Crippen molar-refractivity contribution < 1.29 is 22.7 Å². The van der Waals surface area contributed by atoms with Crippen LogP contribution >= 0.6 is 0 Å². The van der Waals surface area contributed by atoms with E-state index in [1.165, 1.54) is 6.07 Å². The van der Waals surface area contributed by atoms with Gasteiger partial charge < -0.3 is 9.64 Å². The Labute approximate surface area is 181 Å². The fourth-order valence-corrected chi connectivity index (χ4v) is 4.94. The lowest BCUT2D eigenvalue weighted by atomic mass is 10.1. The van der Waals surface area contributed by atoms with E-state index in [0.717, 1.165) is 12.8 Å². The molecule has 8 nitrogen and oxygen atoms in total. The lowest BCUT2D eigenvalue weighted by molar-refractivity contribution is -0.160. The third kappa shape index (κ3) is 4.61. The number of hydrogen-bond acceptors (Lipinski definition) is 6. The number of amides is 1. The van der Waals surface area contributed by atoms with Crippen LogP contribution < -0.4 is 4.72 Å². The Kier molecular flexibility index (Phi) is 6.03. The van der Waals surface area contributed by atoms with Crippen molar-refractivity contribution >= 4 is 27.7 Å². The summed E-state index contributed by atoms with van der Waals surface area (Å²) in [6.07, 6.45) is 0.807. The van der Waals surface area contributed by atoms with Gasteiger partial charge >= 0.3 is 5.97 Å². The van der Waals surface area contributed by atoms with Gasteiger partial charge in [0.1, 0.15) is 5.84 Å². The number of rotatable bonds is 6. The van der Waals surface area contributed by atoms with Gasteiger partial charge in [-0.15, -0.1) is 0 Å². The van der Waals surface area contributed by atoms with Gasteiger partial charge in [0.15, 0.2) is 0 Å². The van der Waals surface area contributed by atoms with Crippen molar-refractivity contribution in [3.63, 3.8) is 0 Å². The number of aliphatic imine (C=N–C) groups is 1. The topological polar surface area (TPSA) is 105 Å². The Bertz CT molecular complexity index is 1110. The average molecular weight is 442 g/mol. The van der Waals surface area contributed by atoms with E-state index in [1.807, 2.05) is 6.07 Å². The molecule has 4 rings (SSSR count). The van der Waals surface area contributed by atoms with Crippen LogP contribution in [0.5, 0.6) is 0 Å². The number of hydrogen-bond donors (Lipinski definition) is 1. The summed E-state index contributed by atoms with van der Waals surface area (Å²) in [5.74, 6) is -0.586. The molecule has 31 heavy (non-hydrogen) atoms. The van der Waals surface area contributed by atoms with Gasteiger partial charge in [-0.25, -0.2) is 8.42 Å². The van der Waals surface area contributed by atoms with Crippen LogP contribution in [0.1, 0.15) is 36.5 Å². The number of benzene rings is 2. The highest BCUT2D eigenvalue weighted by molar-refractivity contribution is 7.90. The molecule has 2 aliphatic heterocycles. The SMILES string of the molecule is O=C(CCN=C1NS(=O)(=O)c2ccccc21)OC(C(=O)N1CCCC1)c1ccccc1. The fourth-order valence-electron chi connectivity index (χ4n) is 3.69. The molecule has 0 bridgehead atoms. The molecule has 1 fully saturated rings. The van der Waals surface area contributed by atoms with Crippen LogP contribution in [0.2, 0.25) is 0 Å². The van der Waals surface area contributed by atoms with Crippen LogP contribution in [0.25, 0.3) is 0 Å². The summed E-state index contributed by atoms with van der Waals surface area (Å²) in [7, 11) is -3.63. The highest BCUT2D eigenvalue weighted by Gasteiger charge is 2.32. The van der Waals surface area contributed by atoms with Crippen LogP contribution in [0.4, 0.5) is 0 Å². The van der Waals surface area contributed by atoms with Gasteiger partial charge in [0.2, 0.25) is 6.10 Å². The van der Waals surface area contributed by atoms with Gasteiger partial charge in [-0.05, 0) is 25.0 Å². The Morgan fingerprint density at radius 3 is 2.45 bits per heavy atom. The van der Waals surface area contributed by atoms with Crippen molar-refractivity contribution in [2.24, 2.45) is 4.99 Å². The quantitative estimate of drug-likeness (QED) is 0.691. The van der Waals surface area contributed by atoms with Gasteiger partial charge in [0.05, 0.1) is 17.9 Å². The van der Waals surface area contributed by atoms with E-state index in [-0.39, 0.29) is 29.6 Å². The Hall–Kier alpha value is -3.20. The highest BCUT2D eigenvalue weighted by atomic mass is 32.2. The van der Waals surface area contributed by atoms with E-state index < -0.39 is 22.1 Å². The molecule has 0 radical (unpaired) electrons. The maximum Gasteiger partial charge on any atom is 0.308 e. The first kappa shape index (κ1) is 21.0. The number of esters is 1. The van der Waals surface area contributed by atoms with Gasteiger partial charge in [-0.1, -0.05) is 42.5 Å². The van der Waals surface area contributed by atoms with Crippen molar-refractivity contribution in [3.05, 3.63) is 65.7 Å². The molecule has 1 N–H and O–H groups in total. The summed E-state index contributed by atoms with van der Waals surface area (Å²) < 4.78 is 32.2. The summed E-state index contributed by atoms with van der Waals surface area (Å²) >= 11 is 0. The maximum absolute atomic E-state index is 12.9. The minimum absolute atomic E-state index is 0.0322. The van der Waals surface area contributed by atoms with E-state index in [2.05, 4.69) is 9.71 Å². The average Bonchev–Trinajstić information content (AvgIpc) is 3.39. The second-order valence-electron chi connectivity index (χ2n) is 7.39. The third-order valence-corrected chi connectivity index (χ3v) is 6.64. The Balaban J connectivity index is 1.43. The number of carbonyl (C=O) groups excluding carboxylic acids is 2. The molecule has 2 heterocycles. The molecule has 2 aliphatic rings. The standard InChI is InChI=1S/C22H23N3O5S/c26-19(12-13-23-21-17-10-4-5-11-18(17)31(28,29)24-21)30-20(16-8-2-1-3-9-16)22(27)25-14-6-7-15-25/h1-5,8-11,20H,6-7,12-15H2,(H,23,24). The second-order valence-corrected chi connectivity index (χ2v) is 9.05. The maximum atomic E-state index is 12.9. The zero-order valence-corrected chi connectivity index (χ0v) is 17.7. The molecule has 2 aromatic carbocycles. The number of nitrogens with zero attached hydrogens (tertiary/aromatic N) is 2. The minimum Gasteiger partial charge on any atom is -0.447 e.